The highest BCUT2D eigenvalue weighted by Gasteiger charge is 2.35. The molecule has 0 amide bonds. The Bertz CT molecular complexity index is 3170. The lowest BCUT2D eigenvalue weighted by atomic mass is 9.82. The molecule has 1 nitrogen and oxygen atoms in total. The Morgan fingerprint density at radius 1 is 0.321 bits per heavy atom. The average Bonchev–Trinajstić information content (AvgIpc) is 3.49. The third kappa shape index (κ3) is 5.01. The van der Waals surface area contributed by atoms with Gasteiger partial charge >= 0.3 is 0 Å². The van der Waals surface area contributed by atoms with E-state index >= 15 is 0 Å². The van der Waals surface area contributed by atoms with Crippen molar-refractivity contribution >= 4 is 60.2 Å². The van der Waals surface area contributed by atoms with Gasteiger partial charge in [-0.2, -0.15) is 0 Å². The highest BCUT2D eigenvalue weighted by Crippen LogP contribution is 2.51. The maximum atomic E-state index is 2.44. The zero-order chi connectivity index (χ0) is 37.4. The van der Waals surface area contributed by atoms with Crippen LogP contribution < -0.4 is 4.90 Å². The van der Waals surface area contributed by atoms with E-state index in [1.54, 1.807) is 0 Å². The fourth-order valence-corrected chi connectivity index (χ4v) is 9.49. The van der Waals surface area contributed by atoms with Gasteiger partial charge in [-0.3, -0.25) is 0 Å². The highest BCUT2D eigenvalue weighted by molar-refractivity contribution is 6.29. The van der Waals surface area contributed by atoms with E-state index in [1.165, 1.54) is 87.6 Å². The molecule has 0 atom stereocenters. The molecule has 0 saturated carbocycles. The molecule has 0 heterocycles. The summed E-state index contributed by atoms with van der Waals surface area (Å²) >= 11 is 0. The van der Waals surface area contributed by atoms with Crippen molar-refractivity contribution in [3.05, 3.63) is 211 Å². The summed E-state index contributed by atoms with van der Waals surface area (Å²) in [5.74, 6) is 0. The Kier molecular flexibility index (Phi) is 7.28. The molecule has 56 heavy (non-hydrogen) atoms. The van der Waals surface area contributed by atoms with Gasteiger partial charge in [0.2, 0.25) is 0 Å². The van der Waals surface area contributed by atoms with Crippen LogP contribution in [0.4, 0.5) is 17.1 Å². The van der Waals surface area contributed by atoms with Crippen LogP contribution in [0.3, 0.4) is 0 Å². The average molecular weight is 714 g/mol. The number of hydrogen-bond acceptors (Lipinski definition) is 1. The predicted molar refractivity (Wildman–Crippen MR) is 240 cm³/mol. The summed E-state index contributed by atoms with van der Waals surface area (Å²) in [6, 6.07) is 74.0. The van der Waals surface area contributed by atoms with E-state index in [0.717, 1.165) is 17.1 Å². The number of anilines is 3. The molecule has 0 spiro atoms. The van der Waals surface area contributed by atoms with Crippen molar-refractivity contribution < 1.29 is 0 Å². The molecule has 1 heteroatoms. The smallest absolute Gasteiger partial charge is 0.0468 e. The monoisotopic (exact) mass is 713 g/mol. The fourth-order valence-electron chi connectivity index (χ4n) is 9.49. The van der Waals surface area contributed by atoms with E-state index < -0.39 is 0 Å². The molecular weight excluding hydrogens is 675 g/mol. The number of rotatable bonds is 5. The van der Waals surface area contributed by atoms with Crippen LogP contribution in [0.5, 0.6) is 0 Å². The quantitative estimate of drug-likeness (QED) is 0.161. The summed E-state index contributed by atoms with van der Waals surface area (Å²) in [5, 5.41) is 10.3. The molecule has 1 aliphatic rings. The van der Waals surface area contributed by atoms with Crippen molar-refractivity contribution in [2.45, 2.75) is 19.3 Å². The molecule has 0 radical (unpaired) electrons. The van der Waals surface area contributed by atoms with E-state index in [9.17, 15) is 0 Å². The summed E-state index contributed by atoms with van der Waals surface area (Å²) in [5.41, 5.74) is 13.5. The van der Waals surface area contributed by atoms with Gasteiger partial charge in [0, 0.05) is 22.5 Å². The SMILES string of the molecule is CC1(C)c2ccccc2-c2cc(N(c3cccc(-c4ccccc4)c3)c3cccc(-c4cc5ccc6ccc7ccccc7c6c5c5ccccc45)c3)ccc21. The van der Waals surface area contributed by atoms with Gasteiger partial charge in [0.15, 0.2) is 0 Å². The lowest BCUT2D eigenvalue weighted by Gasteiger charge is -2.28. The molecule has 1 aliphatic carbocycles. The first-order valence-electron chi connectivity index (χ1n) is 19.6. The lowest BCUT2D eigenvalue weighted by Crippen LogP contribution is -2.15. The van der Waals surface area contributed by atoms with E-state index in [-0.39, 0.29) is 5.41 Å². The molecule has 10 aromatic carbocycles. The van der Waals surface area contributed by atoms with Crippen molar-refractivity contribution in [1.82, 2.24) is 0 Å². The third-order valence-corrected chi connectivity index (χ3v) is 12.2. The standard InChI is InChI=1S/C55H39N/c1-55(2)51-25-11-10-23-47(51)50-35-44(30-31-52(50)55)56(42-19-12-17-39(32-42)36-14-4-3-5-15-36)43-20-13-18-40(33-43)49-34-41-29-28-38-27-26-37-16-6-7-21-45(37)53(38)54(41)48-24-9-8-22-46(48)49/h3-35H,1-2H3. The van der Waals surface area contributed by atoms with Crippen LogP contribution in [0.25, 0.3) is 76.5 Å². The first-order valence-corrected chi connectivity index (χ1v) is 19.6. The van der Waals surface area contributed by atoms with Crippen molar-refractivity contribution in [2.24, 2.45) is 0 Å². The van der Waals surface area contributed by atoms with E-state index in [4.69, 9.17) is 0 Å². The van der Waals surface area contributed by atoms with Crippen LogP contribution in [0, 0.1) is 0 Å². The first-order chi connectivity index (χ1) is 27.5. The Labute approximate surface area is 327 Å². The number of benzene rings is 10. The summed E-state index contributed by atoms with van der Waals surface area (Å²) in [7, 11) is 0. The second kappa shape index (κ2) is 12.5. The van der Waals surface area contributed by atoms with Gasteiger partial charge in [0.25, 0.3) is 0 Å². The van der Waals surface area contributed by atoms with Crippen LogP contribution in [-0.4, -0.2) is 0 Å². The molecule has 0 N–H and O–H groups in total. The lowest BCUT2D eigenvalue weighted by molar-refractivity contribution is 0.660. The highest BCUT2D eigenvalue weighted by atomic mass is 15.1. The van der Waals surface area contributed by atoms with Crippen molar-refractivity contribution in [2.75, 3.05) is 4.90 Å². The van der Waals surface area contributed by atoms with Crippen molar-refractivity contribution in [3.8, 4) is 33.4 Å². The second-order valence-corrected chi connectivity index (χ2v) is 15.7. The summed E-state index contributed by atoms with van der Waals surface area (Å²) in [6.07, 6.45) is 0. The Hall–Kier alpha value is -6.96. The van der Waals surface area contributed by atoms with E-state index in [1.807, 2.05) is 0 Å². The van der Waals surface area contributed by atoms with Gasteiger partial charge in [-0.25, -0.2) is 0 Å². The Morgan fingerprint density at radius 3 is 1.71 bits per heavy atom. The van der Waals surface area contributed by atoms with Crippen LogP contribution in [0.15, 0.2) is 200 Å². The summed E-state index contributed by atoms with van der Waals surface area (Å²) in [6.45, 7) is 4.70. The van der Waals surface area contributed by atoms with Gasteiger partial charge < -0.3 is 4.90 Å². The van der Waals surface area contributed by atoms with Crippen LogP contribution in [0.1, 0.15) is 25.0 Å². The fraction of sp³-hybridized carbons (Fsp3) is 0.0545. The molecule has 11 rings (SSSR count). The molecule has 0 saturated heterocycles. The molecule has 0 aliphatic heterocycles. The Balaban J connectivity index is 1.13. The minimum Gasteiger partial charge on any atom is -0.310 e. The zero-order valence-corrected chi connectivity index (χ0v) is 31.5. The summed E-state index contributed by atoms with van der Waals surface area (Å²) < 4.78 is 0. The number of hydrogen-bond donors (Lipinski definition) is 0. The molecule has 0 fully saturated rings. The first kappa shape index (κ1) is 32.5. The maximum absolute atomic E-state index is 2.44. The predicted octanol–water partition coefficient (Wildman–Crippen LogP) is 15.4. The molecule has 0 aromatic heterocycles. The minimum atomic E-state index is -0.0584. The Morgan fingerprint density at radius 2 is 0.893 bits per heavy atom. The normalized spacial score (nSPS) is 13.0. The summed E-state index contributed by atoms with van der Waals surface area (Å²) in [4.78, 5) is 2.44. The van der Waals surface area contributed by atoms with Crippen LogP contribution >= 0.6 is 0 Å². The van der Waals surface area contributed by atoms with E-state index in [2.05, 4.69) is 219 Å². The number of fused-ring (bicyclic) bond motifs is 10. The number of nitrogens with zero attached hydrogens (tertiary/aromatic N) is 1. The van der Waals surface area contributed by atoms with Crippen molar-refractivity contribution in [3.63, 3.8) is 0 Å². The van der Waals surface area contributed by atoms with Gasteiger partial charge in [0.1, 0.15) is 0 Å². The molecule has 0 unspecified atom stereocenters. The molecular formula is C55H39N. The van der Waals surface area contributed by atoms with Crippen LogP contribution in [0.2, 0.25) is 0 Å². The maximum Gasteiger partial charge on any atom is 0.0468 e. The van der Waals surface area contributed by atoms with Crippen LogP contribution in [-0.2, 0) is 5.41 Å². The minimum absolute atomic E-state index is 0.0584. The van der Waals surface area contributed by atoms with Gasteiger partial charge in [-0.05, 0) is 130 Å². The van der Waals surface area contributed by atoms with E-state index in [0.29, 0.717) is 0 Å². The topological polar surface area (TPSA) is 3.24 Å². The van der Waals surface area contributed by atoms with Gasteiger partial charge in [0.05, 0.1) is 0 Å². The third-order valence-electron chi connectivity index (χ3n) is 12.2. The second-order valence-electron chi connectivity index (χ2n) is 15.7. The molecule has 10 aromatic rings. The zero-order valence-electron chi connectivity index (χ0n) is 31.5. The van der Waals surface area contributed by atoms with Crippen molar-refractivity contribution in [1.29, 1.82) is 0 Å². The largest absolute Gasteiger partial charge is 0.310 e. The van der Waals surface area contributed by atoms with Gasteiger partial charge in [-0.1, -0.05) is 172 Å². The molecule has 264 valence electrons. The van der Waals surface area contributed by atoms with Gasteiger partial charge in [-0.15, -0.1) is 0 Å². The molecule has 0 bridgehead atoms.